The lowest BCUT2D eigenvalue weighted by Crippen LogP contribution is -2.44. The van der Waals surface area contributed by atoms with E-state index in [0.717, 1.165) is 0 Å². The van der Waals surface area contributed by atoms with E-state index in [1.54, 1.807) is 0 Å². The second-order valence-corrected chi connectivity index (χ2v) is 3.83. The maximum absolute atomic E-state index is 10.7. The van der Waals surface area contributed by atoms with E-state index in [1.807, 2.05) is 0 Å². The third-order valence-corrected chi connectivity index (χ3v) is 2.77. The molecule has 3 unspecified atom stereocenters. The summed E-state index contributed by atoms with van der Waals surface area (Å²) in [6, 6.07) is -0.429. The zero-order valence-corrected chi connectivity index (χ0v) is 8.93. The van der Waals surface area contributed by atoms with Crippen molar-refractivity contribution in [3.05, 3.63) is 11.9 Å². The van der Waals surface area contributed by atoms with Crippen molar-refractivity contribution in [3.63, 3.8) is 0 Å². The van der Waals surface area contributed by atoms with Gasteiger partial charge in [-0.2, -0.15) is 0 Å². The molecule has 0 aromatic carbocycles. The summed E-state index contributed by atoms with van der Waals surface area (Å²) < 4.78 is 6.47. The second kappa shape index (κ2) is 4.78. The predicted molar refractivity (Wildman–Crippen MR) is 53.5 cm³/mol. The average molecular weight is 243 g/mol. The van der Waals surface area contributed by atoms with Crippen LogP contribution in [-0.4, -0.2) is 61.7 Å². The number of hydrogen-bond acceptors (Lipinski definition) is 6. The number of carboxylic acid groups (broad SMARTS) is 1. The van der Waals surface area contributed by atoms with Crippen molar-refractivity contribution < 1.29 is 24.9 Å². The highest BCUT2D eigenvalue weighted by Crippen LogP contribution is 2.24. The molecule has 0 saturated carbocycles. The summed E-state index contributed by atoms with van der Waals surface area (Å²) in [5.74, 6) is -1.17. The summed E-state index contributed by atoms with van der Waals surface area (Å²) in [6.45, 7) is 0.0768. The Hall–Kier alpha value is -1.51. The third-order valence-electron chi connectivity index (χ3n) is 2.77. The van der Waals surface area contributed by atoms with Gasteiger partial charge in [-0.25, -0.2) is 9.48 Å². The minimum absolute atomic E-state index is 0.177. The van der Waals surface area contributed by atoms with Crippen LogP contribution in [0.25, 0.3) is 0 Å². The Morgan fingerprint density at radius 1 is 1.65 bits per heavy atom. The first-order valence-corrected chi connectivity index (χ1v) is 5.19. The molecule has 94 valence electrons. The minimum atomic E-state index is -1.17. The number of aromatic carboxylic acids is 1. The molecule has 0 spiro atoms. The van der Waals surface area contributed by atoms with E-state index in [1.165, 1.54) is 10.9 Å². The van der Waals surface area contributed by atoms with Gasteiger partial charge < -0.3 is 20.1 Å². The Morgan fingerprint density at radius 3 is 3.00 bits per heavy atom. The van der Waals surface area contributed by atoms with Crippen molar-refractivity contribution >= 4 is 5.97 Å². The van der Waals surface area contributed by atoms with Gasteiger partial charge in [-0.05, 0) is 6.42 Å². The summed E-state index contributed by atoms with van der Waals surface area (Å²) in [5.41, 5.74) is -0.177. The number of aliphatic hydroxyl groups is 2. The number of aromatic nitrogens is 3. The van der Waals surface area contributed by atoms with Crippen molar-refractivity contribution in [3.8, 4) is 0 Å². The molecule has 8 heteroatoms. The molecule has 3 atom stereocenters. The summed E-state index contributed by atoms with van der Waals surface area (Å²) in [7, 11) is 0. The van der Waals surface area contributed by atoms with Gasteiger partial charge in [0.15, 0.2) is 5.69 Å². The highest BCUT2D eigenvalue weighted by atomic mass is 16.5. The quantitative estimate of drug-likeness (QED) is 0.601. The van der Waals surface area contributed by atoms with Crippen LogP contribution >= 0.6 is 0 Å². The Balaban J connectivity index is 2.17. The molecular weight excluding hydrogens is 230 g/mol. The molecule has 0 radical (unpaired) electrons. The number of nitrogens with zero attached hydrogens (tertiary/aromatic N) is 3. The first kappa shape index (κ1) is 12.0. The molecule has 1 aliphatic heterocycles. The Labute approximate surface area is 96.4 Å². The van der Waals surface area contributed by atoms with Gasteiger partial charge in [0.1, 0.15) is 12.2 Å². The maximum atomic E-state index is 10.7. The van der Waals surface area contributed by atoms with E-state index in [-0.39, 0.29) is 12.3 Å². The van der Waals surface area contributed by atoms with E-state index >= 15 is 0 Å². The molecule has 1 aromatic heterocycles. The van der Waals surface area contributed by atoms with Crippen LogP contribution in [0.15, 0.2) is 6.20 Å². The van der Waals surface area contributed by atoms with Gasteiger partial charge in [0.2, 0.25) is 0 Å². The smallest absolute Gasteiger partial charge is 0.358 e. The Morgan fingerprint density at radius 2 is 2.41 bits per heavy atom. The molecule has 0 bridgehead atoms. The van der Waals surface area contributed by atoms with Gasteiger partial charge in [0, 0.05) is 6.61 Å². The molecule has 1 saturated heterocycles. The molecule has 1 fully saturated rings. The third kappa shape index (κ3) is 2.28. The van der Waals surface area contributed by atoms with Crippen molar-refractivity contribution in [2.75, 3.05) is 13.2 Å². The zero-order chi connectivity index (χ0) is 12.4. The van der Waals surface area contributed by atoms with Crippen LogP contribution in [0.3, 0.4) is 0 Å². The Bertz CT molecular complexity index is 407. The summed E-state index contributed by atoms with van der Waals surface area (Å²) >= 11 is 0. The van der Waals surface area contributed by atoms with E-state index < -0.39 is 24.2 Å². The number of hydrogen-bond donors (Lipinski definition) is 3. The van der Waals surface area contributed by atoms with E-state index in [2.05, 4.69) is 10.3 Å². The lowest BCUT2D eigenvalue weighted by atomic mass is 10.0. The first-order chi connectivity index (χ1) is 8.13. The van der Waals surface area contributed by atoms with Crippen molar-refractivity contribution in [1.82, 2.24) is 15.0 Å². The largest absolute Gasteiger partial charge is 0.476 e. The van der Waals surface area contributed by atoms with Gasteiger partial charge in [0.25, 0.3) is 0 Å². The monoisotopic (exact) mass is 243 g/mol. The molecule has 0 aliphatic carbocycles. The number of rotatable bonds is 3. The zero-order valence-electron chi connectivity index (χ0n) is 8.93. The highest BCUT2D eigenvalue weighted by molar-refractivity contribution is 5.84. The molecule has 3 N–H and O–H groups in total. The number of ether oxygens (including phenoxy) is 1. The topological polar surface area (TPSA) is 118 Å². The second-order valence-electron chi connectivity index (χ2n) is 3.83. The van der Waals surface area contributed by atoms with Gasteiger partial charge in [0.05, 0.1) is 18.8 Å². The van der Waals surface area contributed by atoms with Crippen LogP contribution in [0.2, 0.25) is 0 Å². The minimum Gasteiger partial charge on any atom is -0.476 e. The van der Waals surface area contributed by atoms with Crippen LogP contribution < -0.4 is 0 Å². The predicted octanol–water partition coefficient (Wildman–Crippen LogP) is -1.34. The molecule has 0 amide bonds. The van der Waals surface area contributed by atoms with Crippen LogP contribution in [0, 0.1) is 0 Å². The fraction of sp³-hybridized carbons (Fsp3) is 0.667. The summed E-state index contributed by atoms with van der Waals surface area (Å²) in [4.78, 5) is 10.7. The van der Waals surface area contributed by atoms with Gasteiger partial charge >= 0.3 is 5.97 Å². The lowest BCUT2D eigenvalue weighted by molar-refractivity contribution is -0.120. The van der Waals surface area contributed by atoms with E-state index in [0.29, 0.717) is 13.0 Å². The van der Waals surface area contributed by atoms with Crippen molar-refractivity contribution in [2.24, 2.45) is 0 Å². The number of aliphatic hydroxyl groups excluding tert-OH is 2. The van der Waals surface area contributed by atoms with Gasteiger partial charge in [-0.3, -0.25) is 0 Å². The van der Waals surface area contributed by atoms with E-state index in [9.17, 15) is 9.90 Å². The standard InChI is InChI=1S/C9H13N3O5/c13-4-7-8(14)6(1-2-17-7)12-3-5(9(15)16)10-11-12/h3,6-8,13-14H,1-2,4H2,(H,15,16). The molecule has 2 rings (SSSR count). The lowest BCUT2D eigenvalue weighted by Gasteiger charge is -2.33. The first-order valence-electron chi connectivity index (χ1n) is 5.19. The maximum Gasteiger partial charge on any atom is 0.358 e. The van der Waals surface area contributed by atoms with Crippen molar-refractivity contribution in [2.45, 2.75) is 24.7 Å². The normalized spacial score (nSPS) is 29.2. The summed E-state index contributed by atoms with van der Waals surface area (Å²) in [5, 5.41) is 34.8. The van der Waals surface area contributed by atoms with Gasteiger partial charge in [-0.15, -0.1) is 5.10 Å². The highest BCUT2D eigenvalue weighted by Gasteiger charge is 2.34. The molecule has 1 aliphatic rings. The van der Waals surface area contributed by atoms with E-state index in [4.69, 9.17) is 14.9 Å². The van der Waals surface area contributed by atoms with Gasteiger partial charge in [-0.1, -0.05) is 5.21 Å². The molecule has 17 heavy (non-hydrogen) atoms. The summed E-state index contributed by atoms with van der Waals surface area (Å²) in [6.07, 6.45) is 0.138. The van der Waals surface area contributed by atoms with Crippen LogP contribution in [0.1, 0.15) is 23.0 Å². The van der Waals surface area contributed by atoms with Crippen LogP contribution in [0.5, 0.6) is 0 Å². The van der Waals surface area contributed by atoms with Crippen LogP contribution in [-0.2, 0) is 4.74 Å². The van der Waals surface area contributed by atoms with Crippen LogP contribution in [0.4, 0.5) is 0 Å². The molecule has 8 nitrogen and oxygen atoms in total. The Kier molecular flexibility index (Phi) is 3.36. The number of carbonyl (C=O) groups is 1. The van der Waals surface area contributed by atoms with Crippen molar-refractivity contribution in [1.29, 1.82) is 0 Å². The average Bonchev–Trinajstić information content (AvgIpc) is 2.78. The molecule has 1 aromatic rings. The molecule has 2 heterocycles. The SMILES string of the molecule is O=C(O)c1cn(C2CCOC(CO)C2O)nn1. The molecular formula is C9H13N3O5. The number of carboxylic acids is 1. The fourth-order valence-electron chi connectivity index (χ4n) is 1.84. The fourth-order valence-corrected chi connectivity index (χ4v) is 1.84.